The molecular formula is C55H104NO7+. The first-order chi connectivity index (χ1) is 30.6. The maximum Gasteiger partial charge on any atom is 0.362 e. The minimum atomic E-state index is -0.873. The minimum Gasteiger partial charge on any atom is -0.477 e. The van der Waals surface area contributed by atoms with E-state index in [1.807, 2.05) is 21.1 Å². The number of likely N-dealkylation sites (N-methyl/N-ethyl adjacent to an activating group) is 1. The number of esters is 2. The van der Waals surface area contributed by atoms with Crippen LogP contribution < -0.4 is 0 Å². The van der Waals surface area contributed by atoms with Crippen LogP contribution in [-0.4, -0.2) is 80.6 Å². The fraction of sp³-hybridized carbons (Fsp3) is 0.873. The summed E-state index contributed by atoms with van der Waals surface area (Å²) >= 11 is 0. The Kier molecular flexibility index (Phi) is 44.7. The average molecular weight is 891 g/mol. The van der Waals surface area contributed by atoms with Gasteiger partial charge in [-0.1, -0.05) is 199 Å². The lowest BCUT2D eigenvalue weighted by Crippen LogP contribution is -2.50. The molecule has 0 heterocycles. The van der Waals surface area contributed by atoms with Gasteiger partial charge in [-0.05, 0) is 64.2 Å². The molecule has 0 aromatic rings. The van der Waals surface area contributed by atoms with Crippen molar-refractivity contribution < 1.29 is 38.2 Å². The highest BCUT2D eigenvalue weighted by atomic mass is 16.6. The van der Waals surface area contributed by atoms with Crippen LogP contribution in [-0.2, 0) is 28.6 Å². The van der Waals surface area contributed by atoms with Crippen molar-refractivity contribution in [1.82, 2.24) is 0 Å². The molecule has 0 aliphatic rings. The number of carboxylic acid groups (broad SMARTS) is 1. The Labute approximate surface area is 390 Å². The van der Waals surface area contributed by atoms with Crippen molar-refractivity contribution in [2.45, 2.75) is 270 Å². The van der Waals surface area contributed by atoms with Gasteiger partial charge < -0.3 is 23.8 Å². The van der Waals surface area contributed by atoms with Crippen LogP contribution in [0.15, 0.2) is 24.3 Å². The van der Waals surface area contributed by atoms with Crippen LogP contribution in [0.3, 0.4) is 0 Å². The van der Waals surface area contributed by atoms with Gasteiger partial charge in [0.05, 0.1) is 34.4 Å². The summed E-state index contributed by atoms with van der Waals surface area (Å²) < 4.78 is 17.4. The summed E-state index contributed by atoms with van der Waals surface area (Å²) in [6.45, 7) is 4.76. The Balaban J connectivity index is 4.19. The number of hydrogen-bond acceptors (Lipinski definition) is 6. The van der Waals surface area contributed by atoms with Crippen LogP contribution in [0.5, 0.6) is 0 Å². The molecule has 8 nitrogen and oxygen atoms in total. The Morgan fingerprint density at radius 1 is 0.460 bits per heavy atom. The van der Waals surface area contributed by atoms with E-state index in [1.54, 1.807) is 0 Å². The standard InChI is InChI=1S/C55H103NO7/c1-6-8-10-12-14-16-18-20-22-24-25-26-27-28-29-30-32-34-36-38-40-42-44-46-54(58)63-51(49-61-48-47-52(55(59)60)56(3,4)5)50-62-53(57)45-43-41-39-37-35-33-31-23-21-19-17-15-13-11-9-7-2/h23-25,31,51-52H,6-22,26-30,32-50H2,1-5H3/p+1/b25-24-,31-23-. The molecule has 0 bridgehead atoms. The highest BCUT2D eigenvalue weighted by molar-refractivity contribution is 5.72. The molecule has 0 saturated carbocycles. The second-order valence-corrected chi connectivity index (χ2v) is 19.5. The van der Waals surface area contributed by atoms with Crippen molar-refractivity contribution in [2.24, 2.45) is 0 Å². The van der Waals surface area contributed by atoms with Crippen molar-refractivity contribution in [3.8, 4) is 0 Å². The monoisotopic (exact) mass is 891 g/mol. The third-order valence-electron chi connectivity index (χ3n) is 12.3. The zero-order valence-corrected chi connectivity index (χ0v) is 42.3. The second kappa shape index (κ2) is 46.3. The van der Waals surface area contributed by atoms with Crippen molar-refractivity contribution in [1.29, 1.82) is 0 Å². The molecule has 0 amide bonds. The molecule has 0 rings (SSSR count). The van der Waals surface area contributed by atoms with E-state index < -0.39 is 18.1 Å². The Bertz CT molecular complexity index is 1080. The molecule has 0 radical (unpaired) electrons. The summed E-state index contributed by atoms with van der Waals surface area (Å²) in [4.78, 5) is 37.2. The molecule has 0 aliphatic carbocycles. The maximum atomic E-state index is 12.8. The van der Waals surface area contributed by atoms with Gasteiger partial charge in [-0.15, -0.1) is 0 Å². The van der Waals surface area contributed by atoms with Gasteiger partial charge in [0.25, 0.3) is 0 Å². The highest BCUT2D eigenvalue weighted by Gasteiger charge is 2.31. The lowest BCUT2D eigenvalue weighted by molar-refractivity contribution is -0.887. The normalized spacial score (nSPS) is 13.0. The van der Waals surface area contributed by atoms with Gasteiger partial charge in [-0.25, -0.2) is 4.79 Å². The molecule has 0 saturated heterocycles. The molecule has 2 unspecified atom stereocenters. The lowest BCUT2D eigenvalue weighted by atomic mass is 10.0. The number of carbonyl (C=O) groups excluding carboxylic acids is 2. The molecule has 370 valence electrons. The molecule has 0 fully saturated rings. The summed E-state index contributed by atoms with van der Waals surface area (Å²) in [6.07, 6.45) is 53.7. The van der Waals surface area contributed by atoms with Gasteiger partial charge in [-0.2, -0.15) is 0 Å². The zero-order chi connectivity index (χ0) is 46.3. The van der Waals surface area contributed by atoms with Crippen molar-refractivity contribution in [3.05, 3.63) is 24.3 Å². The van der Waals surface area contributed by atoms with E-state index >= 15 is 0 Å². The van der Waals surface area contributed by atoms with E-state index in [0.29, 0.717) is 19.3 Å². The second-order valence-electron chi connectivity index (χ2n) is 19.5. The van der Waals surface area contributed by atoms with E-state index in [1.165, 1.54) is 180 Å². The van der Waals surface area contributed by atoms with Gasteiger partial charge >= 0.3 is 17.9 Å². The van der Waals surface area contributed by atoms with Crippen LogP contribution in [0.1, 0.15) is 258 Å². The summed E-state index contributed by atoms with van der Waals surface area (Å²) in [5.74, 6) is -1.46. The molecule has 63 heavy (non-hydrogen) atoms. The summed E-state index contributed by atoms with van der Waals surface area (Å²) in [6, 6.07) is -0.614. The Morgan fingerprint density at radius 2 is 0.794 bits per heavy atom. The number of ether oxygens (including phenoxy) is 3. The van der Waals surface area contributed by atoms with Gasteiger partial charge in [0, 0.05) is 19.3 Å². The maximum absolute atomic E-state index is 12.8. The number of rotatable bonds is 49. The fourth-order valence-corrected chi connectivity index (χ4v) is 8.14. The number of unbranched alkanes of at least 4 members (excludes halogenated alkanes) is 31. The van der Waals surface area contributed by atoms with E-state index in [2.05, 4.69) is 38.2 Å². The first-order valence-corrected chi connectivity index (χ1v) is 26.9. The summed E-state index contributed by atoms with van der Waals surface area (Å²) in [5.41, 5.74) is 0. The first kappa shape index (κ1) is 60.8. The number of carbonyl (C=O) groups is 3. The third-order valence-corrected chi connectivity index (χ3v) is 12.3. The van der Waals surface area contributed by atoms with Gasteiger partial charge in [-0.3, -0.25) is 9.59 Å². The predicted molar refractivity (Wildman–Crippen MR) is 266 cm³/mol. The number of nitrogens with zero attached hydrogens (tertiary/aromatic N) is 1. The van der Waals surface area contributed by atoms with Crippen LogP contribution in [0.25, 0.3) is 0 Å². The molecular weight excluding hydrogens is 787 g/mol. The van der Waals surface area contributed by atoms with Crippen LogP contribution in [0, 0.1) is 0 Å². The molecule has 8 heteroatoms. The molecule has 1 N–H and O–H groups in total. The number of hydrogen-bond donors (Lipinski definition) is 1. The van der Waals surface area contributed by atoms with Crippen LogP contribution in [0.4, 0.5) is 0 Å². The first-order valence-electron chi connectivity index (χ1n) is 26.9. The SMILES string of the molecule is CCCCCCCCC/C=C\CCCCCCCC(=O)OCC(COCCC(C(=O)O)[N+](C)(C)C)OC(=O)CCCCCCCCCCCCC/C=C\CCCCCCCCCC. The molecule has 0 aromatic carbocycles. The number of quaternary nitrogens is 1. The Hall–Kier alpha value is -2.19. The molecule has 0 aromatic heterocycles. The van der Waals surface area contributed by atoms with Crippen molar-refractivity contribution >= 4 is 17.9 Å². The van der Waals surface area contributed by atoms with Crippen LogP contribution >= 0.6 is 0 Å². The van der Waals surface area contributed by atoms with Crippen molar-refractivity contribution in [2.75, 3.05) is 41.0 Å². The van der Waals surface area contributed by atoms with E-state index in [-0.39, 0.29) is 36.2 Å². The van der Waals surface area contributed by atoms with Gasteiger partial charge in [0.2, 0.25) is 0 Å². The van der Waals surface area contributed by atoms with E-state index in [0.717, 1.165) is 44.9 Å². The van der Waals surface area contributed by atoms with E-state index in [4.69, 9.17) is 14.2 Å². The number of allylic oxidation sites excluding steroid dienone is 4. The van der Waals surface area contributed by atoms with Crippen LogP contribution in [0.2, 0.25) is 0 Å². The fourth-order valence-electron chi connectivity index (χ4n) is 8.14. The quantitative estimate of drug-likeness (QED) is 0.0281. The molecule has 2 atom stereocenters. The summed E-state index contributed by atoms with van der Waals surface area (Å²) in [5, 5.41) is 9.66. The zero-order valence-electron chi connectivity index (χ0n) is 42.3. The molecule has 0 aliphatic heterocycles. The average Bonchev–Trinajstić information content (AvgIpc) is 3.24. The van der Waals surface area contributed by atoms with E-state index in [9.17, 15) is 19.5 Å². The number of aliphatic carboxylic acids is 1. The summed E-state index contributed by atoms with van der Waals surface area (Å²) in [7, 11) is 5.54. The topological polar surface area (TPSA) is 99.1 Å². The largest absolute Gasteiger partial charge is 0.477 e. The Morgan fingerprint density at radius 3 is 1.14 bits per heavy atom. The minimum absolute atomic E-state index is 0.0517. The van der Waals surface area contributed by atoms with Gasteiger partial charge in [0.15, 0.2) is 12.1 Å². The lowest BCUT2D eigenvalue weighted by Gasteiger charge is -2.31. The molecule has 0 spiro atoms. The number of carboxylic acids is 1. The van der Waals surface area contributed by atoms with Crippen molar-refractivity contribution in [3.63, 3.8) is 0 Å². The smallest absolute Gasteiger partial charge is 0.362 e. The van der Waals surface area contributed by atoms with Gasteiger partial charge in [0.1, 0.15) is 6.61 Å². The predicted octanol–water partition coefficient (Wildman–Crippen LogP) is 15.6. The third kappa shape index (κ3) is 44.8. The highest BCUT2D eigenvalue weighted by Crippen LogP contribution is 2.16.